The van der Waals surface area contributed by atoms with E-state index in [-0.39, 0.29) is 13.2 Å². The Hall–Kier alpha value is -0.550. The monoisotopic (exact) mass is 406 g/mol. The first-order valence-electron chi connectivity index (χ1n) is 10.7. The van der Waals surface area contributed by atoms with Gasteiger partial charge in [0.15, 0.2) is 0 Å². The Morgan fingerprint density at radius 2 is 1.33 bits per heavy atom. The van der Waals surface area contributed by atoms with Crippen LogP contribution in [0.4, 0.5) is 0 Å². The first kappa shape index (κ1) is 26.4. The van der Waals surface area contributed by atoms with Crippen molar-refractivity contribution in [2.45, 2.75) is 85.0 Å². The molecule has 162 valence electrons. The Kier molecular flexibility index (Phi) is 17.2. The van der Waals surface area contributed by atoms with Crippen molar-refractivity contribution < 1.29 is 18.5 Å². The average Bonchev–Trinajstić information content (AvgIpc) is 3.02. The quantitative estimate of drug-likeness (QED) is 0.276. The SMILES string of the molecule is CCCCCCCCCCCCN1C=CN(C)C1.CCOP(=O)(O)OCC. The third-order valence-corrected chi connectivity index (χ3v) is 5.49. The van der Waals surface area contributed by atoms with E-state index in [2.05, 4.69) is 45.2 Å². The van der Waals surface area contributed by atoms with Gasteiger partial charge in [0.2, 0.25) is 0 Å². The smallest absolute Gasteiger partial charge is 0.362 e. The molecule has 7 heteroatoms. The fourth-order valence-electron chi connectivity index (χ4n) is 2.90. The van der Waals surface area contributed by atoms with Crippen molar-refractivity contribution in [1.29, 1.82) is 0 Å². The highest BCUT2D eigenvalue weighted by Gasteiger charge is 2.17. The summed E-state index contributed by atoms with van der Waals surface area (Å²) in [6, 6.07) is 0. The van der Waals surface area contributed by atoms with Crippen LogP contribution in [0.1, 0.15) is 85.0 Å². The molecule has 1 aliphatic rings. The number of unbranched alkanes of at least 4 members (excludes halogenated alkanes) is 9. The summed E-state index contributed by atoms with van der Waals surface area (Å²) in [5.41, 5.74) is 0. The molecule has 0 saturated heterocycles. The molecule has 0 aromatic carbocycles. The fourth-order valence-corrected chi connectivity index (χ4v) is 3.63. The maximum Gasteiger partial charge on any atom is 0.472 e. The second-order valence-corrected chi connectivity index (χ2v) is 8.45. The van der Waals surface area contributed by atoms with E-state index < -0.39 is 7.82 Å². The number of hydrogen-bond acceptors (Lipinski definition) is 5. The minimum Gasteiger partial charge on any atom is -0.362 e. The standard InChI is InChI=1S/C16H32N2.C4H11O4P/c1-3-4-5-6-7-8-9-10-11-12-13-18-15-14-17(2)16-18;1-3-7-9(5,6)8-4-2/h14-15H,3-13,16H2,1-2H3;3-4H2,1-2H3,(H,5,6). The molecule has 0 atom stereocenters. The Bertz CT molecular complexity index is 397. The highest BCUT2D eigenvalue weighted by molar-refractivity contribution is 7.47. The lowest BCUT2D eigenvalue weighted by Crippen LogP contribution is -2.23. The normalized spacial score (nSPS) is 13.8. The van der Waals surface area contributed by atoms with Gasteiger partial charge in [0.05, 0.1) is 19.9 Å². The third-order valence-electron chi connectivity index (χ3n) is 4.32. The molecule has 1 heterocycles. The van der Waals surface area contributed by atoms with Gasteiger partial charge in [-0.1, -0.05) is 64.7 Å². The van der Waals surface area contributed by atoms with Gasteiger partial charge in [-0.25, -0.2) is 4.57 Å². The van der Waals surface area contributed by atoms with Gasteiger partial charge in [0.25, 0.3) is 0 Å². The summed E-state index contributed by atoms with van der Waals surface area (Å²) in [5.74, 6) is 0. The second-order valence-electron chi connectivity index (χ2n) is 7.00. The summed E-state index contributed by atoms with van der Waals surface area (Å²) in [4.78, 5) is 13.3. The number of phosphoric ester groups is 1. The van der Waals surface area contributed by atoms with Crippen molar-refractivity contribution in [1.82, 2.24) is 9.80 Å². The zero-order valence-electron chi connectivity index (χ0n) is 18.1. The van der Waals surface area contributed by atoms with Crippen molar-refractivity contribution >= 4 is 7.82 Å². The van der Waals surface area contributed by atoms with Gasteiger partial charge in [-0.15, -0.1) is 0 Å². The summed E-state index contributed by atoms with van der Waals surface area (Å²) in [5, 5.41) is 0. The molecular weight excluding hydrogens is 363 g/mol. The van der Waals surface area contributed by atoms with Crippen LogP contribution in [0.2, 0.25) is 0 Å². The van der Waals surface area contributed by atoms with Crippen LogP contribution in [0.3, 0.4) is 0 Å². The molecule has 1 rings (SSSR count). The van der Waals surface area contributed by atoms with Crippen LogP contribution in [0.5, 0.6) is 0 Å². The van der Waals surface area contributed by atoms with Crippen LogP contribution in [0, 0.1) is 0 Å². The highest BCUT2D eigenvalue weighted by Crippen LogP contribution is 2.42. The molecule has 0 saturated carbocycles. The number of phosphoric acid groups is 1. The predicted molar refractivity (Wildman–Crippen MR) is 113 cm³/mol. The zero-order chi connectivity index (χ0) is 20.4. The Morgan fingerprint density at radius 1 is 0.852 bits per heavy atom. The van der Waals surface area contributed by atoms with Gasteiger partial charge in [0, 0.05) is 26.0 Å². The summed E-state index contributed by atoms with van der Waals surface area (Å²) in [6.07, 6.45) is 18.6. The number of rotatable bonds is 15. The number of hydrogen-bond donors (Lipinski definition) is 1. The average molecular weight is 407 g/mol. The molecule has 27 heavy (non-hydrogen) atoms. The van der Waals surface area contributed by atoms with Crippen LogP contribution in [-0.4, -0.2) is 48.2 Å². The molecule has 1 aliphatic heterocycles. The molecular formula is C20H43N2O4P. The Balaban J connectivity index is 0.000000636. The summed E-state index contributed by atoms with van der Waals surface area (Å²) >= 11 is 0. The summed E-state index contributed by atoms with van der Waals surface area (Å²) < 4.78 is 19.2. The molecule has 0 unspecified atom stereocenters. The lowest BCUT2D eigenvalue weighted by atomic mass is 10.1. The van der Waals surface area contributed by atoms with E-state index in [1.165, 1.54) is 70.8 Å². The predicted octanol–water partition coefficient (Wildman–Crippen LogP) is 5.74. The maximum absolute atomic E-state index is 10.5. The van der Waals surface area contributed by atoms with Crippen molar-refractivity contribution in [3.05, 3.63) is 12.4 Å². The van der Waals surface area contributed by atoms with Gasteiger partial charge in [-0.3, -0.25) is 9.05 Å². The van der Waals surface area contributed by atoms with Crippen molar-refractivity contribution in [3.63, 3.8) is 0 Å². The van der Waals surface area contributed by atoms with E-state index in [1.807, 2.05) is 0 Å². The highest BCUT2D eigenvalue weighted by atomic mass is 31.2. The molecule has 0 amide bonds. The molecule has 0 aliphatic carbocycles. The lowest BCUT2D eigenvalue weighted by molar-refractivity contribution is 0.161. The molecule has 0 bridgehead atoms. The van der Waals surface area contributed by atoms with Crippen LogP contribution in [0.25, 0.3) is 0 Å². The second kappa shape index (κ2) is 17.5. The van der Waals surface area contributed by atoms with Gasteiger partial charge in [-0.05, 0) is 20.3 Å². The van der Waals surface area contributed by atoms with Crippen LogP contribution in [-0.2, 0) is 13.6 Å². The van der Waals surface area contributed by atoms with Gasteiger partial charge >= 0.3 is 7.82 Å². The van der Waals surface area contributed by atoms with Gasteiger partial charge in [-0.2, -0.15) is 0 Å². The van der Waals surface area contributed by atoms with Crippen molar-refractivity contribution in [2.75, 3.05) is 33.5 Å². The molecule has 6 nitrogen and oxygen atoms in total. The molecule has 0 radical (unpaired) electrons. The Labute approximate surface area is 167 Å². The summed E-state index contributed by atoms with van der Waals surface area (Å²) in [7, 11) is -1.56. The van der Waals surface area contributed by atoms with E-state index >= 15 is 0 Å². The van der Waals surface area contributed by atoms with Crippen molar-refractivity contribution in [3.8, 4) is 0 Å². The van der Waals surface area contributed by atoms with E-state index in [1.54, 1.807) is 13.8 Å². The maximum atomic E-state index is 10.5. The van der Waals surface area contributed by atoms with E-state index in [4.69, 9.17) is 4.89 Å². The molecule has 0 fully saturated rings. The van der Waals surface area contributed by atoms with Crippen LogP contribution >= 0.6 is 7.82 Å². The minimum atomic E-state index is -3.69. The van der Waals surface area contributed by atoms with E-state index in [0.717, 1.165) is 6.67 Å². The van der Waals surface area contributed by atoms with E-state index in [9.17, 15) is 4.57 Å². The summed E-state index contributed by atoms with van der Waals surface area (Å²) in [6.45, 7) is 8.23. The first-order chi connectivity index (χ1) is 12.9. The van der Waals surface area contributed by atoms with E-state index in [0.29, 0.717) is 0 Å². The lowest BCUT2D eigenvalue weighted by Gasteiger charge is -2.17. The third kappa shape index (κ3) is 17.3. The van der Waals surface area contributed by atoms with Crippen LogP contribution in [0.15, 0.2) is 12.4 Å². The largest absolute Gasteiger partial charge is 0.472 e. The fraction of sp³-hybridized carbons (Fsp3) is 0.900. The molecule has 0 aromatic heterocycles. The van der Waals surface area contributed by atoms with Crippen LogP contribution < -0.4 is 0 Å². The molecule has 0 spiro atoms. The zero-order valence-corrected chi connectivity index (χ0v) is 19.0. The molecule has 0 aromatic rings. The first-order valence-corrected chi connectivity index (χ1v) is 12.2. The minimum absolute atomic E-state index is 0.188. The van der Waals surface area contributed by atoms with Crippen molar-refractivity contribution in [2.24, 2.45) is 0 Å². The van der Waals surface area contributed by atoms with Gasteiger partial charge in [0.1, 0.15) is 0 Å². The number of nitrogens with zero attached hydrogens (tertiary/aromatic N) is 2. The topological polar surface area (TPSA) is 62.2 Å². The molecule has 1 N–H and O–H groups in total. The Morgan fingerprint density at radius 3 is 1.74 bits per heavy atom. The van der Waals surface area contributed by atoms with Gasteiger partial charge < -0.3 is 14.7 Å².